The second kappa shape index (κ2) is 9.70. The predicted molar refractivity (Wildman–Crippen MR) is 41.0 cm³/mol. The Balaban J connectivity index is 0. The second-order valence-electron chi connectivity index (χ2n) is 1.71. The third kappa shape index (κ3) is 17.9. The smallest absolute Gasteiger partial charge is 0.0328 e. The molecule has 0 aliphatic rings. The Hall–Kier alpha value is -0.520. The van der Waals surface area contributed by atoms with Crippen LogP contribution >= 0.6 is 0 Å². The fourth-order valence-electron chi connectivity index (χ4n) is 0.427. The molecule has 0 nitrogen and oxygen atoms in total. The first-order valence-electron chi connectivity index (χ1n) is 2.91. The van der Waals surface area contributed by atoms with Crippen molar-refractivity contribution in [3.8, 4) is 0 Å². The van der Waals surface area contributed by atoms with Crippen LogP contribution in [0.15, 0.2) is 25.3 Å². The second-order valence-corrected chi connectivity index (χ2v) is 1.71. The third-order valence-corrected chi connectivity index (χ3v) is 0.677. The lowest BCUT2D eigenvalue weighted by molar-refractivity contribution is 0.910. The van der Waals surface area contributed by atoms with Crippen LogP contribution in [0, 0.1) is 0 Å². The maximum atomic E-state index is 3.74. The lowest BCUT2D eigenvalue weighted by Gasteiger charge is -1.87. The molecule has 8 heavy (non-hydrogen) atoms. The van der Waals surface area contributed by atoms with E-state index in [-0.39, 0.29) is 0 Å². The molecule has 0 aliphatic carbocycles. The summed E-state index contributed by atoms with van der Waals surface area (Å²) in [6.45, 7) is 14.0. The van der Waals surface area contributed by atoms with Gasteiger partial charge in [0.15, 0.2) is 0 Å². The zero-order valence-corrected chi connectivity index (χ0v) is 6.04. The molecule has 0 rings (SSSR count). The van der Waals surface area contributed by atoms with Gasteiger partial charge in [0, 0.05) is 0 Å². The summed E-state index contributed by atoms with van der Waals surface area (Å²) in [6.07, 6.45) is 2.41. The van der Waals surface area contributed by atoms with Crippen molar-refractivity contribution in [1.29, 1.82) is 0 Å². The van der Waals surface area contributed by atoms with Gasteiger partial charge >= 0.3 is 0 Å². The van der Waals surface area contributed by atoms with Crippen molar-refractivity contribution in [3.63, 3.8) is 0 Å². The summed E-state index contributed by atoms with van der Waals surface area (Å²) in [5.41, 5.74) is 1.29. The molecule has 0 amide bonds. The fourth-order valence-corrected chi connectivity index (χ4v) is 0.427. The molecule has 0 fully saturated rings. The molecule has 48 valence electrons. The molecule has 0 aromatic rings. The minimum absolute atomic E-state index is 1.18. The van der Waals surface area contributed by atoms with E-state index in [1.54, 1.807) is 0 Å². The normalized spacial score (nSPS) is 6.75. The van der Waals surface area contributed by atoms with Crippen molar-refractivity contribution < 1.29 is 0 Å². The van der Waals surface area contributed by atoms with E-state index in [0.717, 1.165) is 0 Å². The van der Waals surface area contributed by atoms with Crippen LogP contribution in [0.4, 0.5) is 0 Å². The van der Waals surface area contributed by atoms with Crippen molar-refractivity contribution >= 4 is 0 Å². The summed E-state index contributed by atoms with van der Waals surface area (Å²) >= 11 is 0. The Kier molecular flexibility index (Phi) is 12.7. The molecule has 0 heteroatoms. The van der Waals surface area contributed by atoms with Gasteiger partial charge in [-0.3, -0.25) is 0 Å². The molecule has 0 saturated carbocycles. The van der Waals surface area contributed by atoms with E-state index in [2.05, 4.69) is 33.6 Å². The molecular weight excluding hydrogens is 96.1 g/mol. The summed E-state index contributed by atoms with van der Waals surface area (Å²) in [5.74, 6) is 0. The van der Waals surface area contributed by atoms with Crippen molar-refractivity contribution in [3.05, 3.63) is 25.3 Å². The lowest BCUT2D eigenvalue weighted by atomic mass is 10.2. The Morgan fingerprint density at radius 1 is 1.38 bits per heavy atom. The molecule has 0 radical (unpaired) electrons. The Morgan fingerprint density at radius 2 is 1.75 bits per heavy atom. The van der Waals surface area contributed by atoms with Gasteiger partial charge in [0.1, 0.15) is 0 Å². The topological polar surface area (TPSA) is 0 Å². The molecule has 0 atom stereocenters. The van der Waals surface area contributed by atoms with E-state index in [1.807, 2.05) is 0 Å². The van der Waals surface area contributed by atoms with Gasteiger partial charge in [0.25, 0.3) is 0 Å². The molecule has 0 aliphatic heterocycles. The van der Waals surface area contributed by atoms with E-state index < -0.39 is 0 Å². The zero-order valence-electron chi connectivity index (χ0n) is 6.04. The minimum atomic E-state index is 1.18. The zero-order chi connectivity index (χ0) is 6.99. The van der Waals surface area contributed by atoms with Crippen LogP contribution in [-0.2, 0) is 0 Å². The highest BCUT2D eigenvalue weighted by Gasteiger charge is 1.76. The standard InChI is InChI=1S/C6H12.C2H4/c1-4-5-6(2)3;1-2/h2,4-5H2,1,3H3;1-2H2. The maximum absolute atomic E-state index is 3.74. The van der Waals surface area contributed by atoms with Crippen molar-refractivity contribution in [2.45, 2.75) is 26.7 Å². The summed E-state index contributed by atoms with van der Waals surface area (Å²) < 4.78 is 0. The highest BCUT2D eigenvalue weighted by Crippen LogP contribution is 1.96. The monoisotopic (exact) mass is 112 g/mol. The number of allylic oxidation sites excluding steroid dienone is 1. The minimum Gasteiger partial charge on any atom is -0.106 e. The molecule has 0 aromatic carbocycles. The van der Waals surface area contributed by atoms with Gasteiger partial charge in [0.05, 0.1) is 0 Å². The average Bonchev–Trinajstić information content (AvgIpc) is 1.72. The third-order valence-electron chi connectivity index (χ3n) is 0.677. The van der Waals surface area contributed by atoms with Gasteiger partial charge in [-0.15, -0.1) is 19.7 Å². The molecule has 0 N–H and O–H groups in total. The number of hydrogen-bond donors (Lipinski definition) is 0. The average molecular weight is 112 g/mol. The Labute approximate surface area is 52.9 Å². The van der Waals surface area contributed by atoms with Crippen molar-refractivity contribution in [1.82, 2.24) is 0 Å². The van der Waals surface area contributed by atoms with E-state index >= 15 is 0 Å². The first-order valence-corrected chi connectivity index (χ1v) is 2.91. The summed E-state index contributed by atoms with van der Waals surface area (Å²) in [4.78, 5) is 0. The maximum Gasteiger partial charge on any atom is -0.0328 e. The molecule has 0 bridgehead atoms. The van der Waals surface area contributed by atoms with Gasteiger partial charge < -0.3 is 0 Å². The SMILES string of the molecule is C=C.C=C(C)CCC. The number of rotatable bonds is 2. The molecule has 0 spiro atoms. The molecule has 0 saturated heterocycles. The van der Waals surface area contributed by atoms with Crippen LogP contribution in [0.3, 0.4) is 0 Å². The van der Waals surface area contributed by atoms with E-state index in [0.29, 0.717) is 0 Å². The van der Waals surface area contributed by atoms with Crippen molar-refractivity contribution in [2.75, 3.05) is 0 Å². The van der Waals surface area contributed by atoms with E-state index in [1.165, 1.54) is 18.4 Å². The summed E-state index contributed by atoms with van der Waals surface area (Å²) in [6, 6.07) is 0. The predicted octanol–water partition coefficient (Wildman–Crippen LogP) is 3.16. The van der Waals surface area contributed by atoms with Crippen LogP contribution in [0.5, 0.6) is 0 Å². The van der Waals surface area contributed by atoms with Gasteiger partial charge in [-0.05, 0) is 13.3 Å². The number of hydrogen-bond acceptors (Lipinski definition) is 0. The van der Waals surface area contributed by atoms with Gasteiger partial charge in [-0.25, -0.2) is 0 Å². The first kappa shape index (κ1) is 10.5. The van der Waals surface area contributed by atoms with Crippen LogP contribution < -0.4 is 0 Å². The Bertz CT molecular complexity index is 53.1. The summed E-state index contributed by atoms with van der Waals surface area (Å²) in [7, 11) is 0. The molecule has 0 unspecified atom stereocenters. The highest BCUT2D eigenvalue weighted by molar-refractivity contribution is 4.86. The van der Waals surface area contributed by atoms with Gasteiger partial charge in [0.2, 0.25) is 0 Å². The van der Waals surface area contributed by atoms with Gasteiger partial charge in [-0.2, -0.15) is 0 Å². The van der Waals surface area contributed by atoms with Crippen LogP contribution in [-0.4, -0.2) is 0 Å². The fraction of sp³-hybridized carbons (Fsp3) is 0.500. The van der Waals surface area contributed by atoms with Gasteiger partial charge in [-0.1, -0.05) is 18.9 Å². The molecule has 0 aromatic heterocycles. The quantitative estimate of drug-likeness (QED) is 0.481. The molecule has 0 heterocycles. The van der Waals surface area contributed by atoms with Crippen molar-refractivity contribution in [2.24, 2.45) is 0 Å². The van der Waals surface area contributed by atoms with E-state index in [4.69, 9.17) is 0 Å². The molecular formula is C8H16. The van der Waals surface area contributed by atoms with E-state index in [9.17, 15) is 0 Å². The van der Waals surface area contributed by atoms with Crippen LogP contribution in [0.25, 0.3) is 0 Å². The first-order chi connectivity index (χ1) is 3.77. The summed E-state index contributed by atoms with van der Waals surface area (Å²) in [5, 5.41) is 0. The van der Waals surface area contributed by atoms with Crippen LogP contribution in [0.2, 0.25) is 0 Å². The highest BCUT2D eigenvalue weighted by atomic mass is 13.8. The Morgan fingerprint density at radius 3 is 1.75 bits per heavy atom. The lowest BCUT2D eigenvalue weighted by Crippen LogP contribution is -1.66. The largest absolute Gasteiger partial charge is 0.106 e. The van der Waals surface area contributed by atoms with Crippen LogP contribution in [0.1, 0.15) is 26.7 Å².